The number of hydrogen-bond donors (Lipinski definition) is 0. The van der Waals surface area contributed by atoms with Crippen molar-refractivity contribution >= 4 is 29.1 Å². The van der Waals surface area contributed by atoms with E-state index in [1.54, 1.807) is 13.8 Å². The van der Waals surface area contributed by atoms with Crippen LogP contribution in [0.4, 0.5) is 0 Å². The Bertz CT molecular complexity index is 333. The predicted octanol–water partition coefficient (Wildman–Crippen LogP) is 1.79. The molecule has 1 aliphatic heterocycles. The van der Waals surface area contributed by atoms with Crippen LogP contribution in [0.5, 0.6) is 0 Å². The highest BCUT2D eigenvalue weighted by Gasteiger charge is 2.34. The van der Waals surface area contributed by atoms with E-state index in [2.05, 4.69) is 5.92 Å². The van der Waals surface area contributed by atoms with E-state index < -0.39 is 22.6 Å². The van der Waals surface area contributed by atoms with Gasteiger partial charge in [-0.1, -0.05) is 29.1 Å². The van der Waals surface area contributed by atoms with Gasteiger partial charge in [-0.05, 0) is 20.3 Å². The first kappa shape index (κ1) is 15.6. The molecule has 1 rings (SSSR count). The van der Waals surface area contributed by atoms with Crippen molar-refractivity contribution < 1.29 is 14.3 Å². The maximum absolute atomic E-state index is 12.0. The van der Waals surface area contributed by atoms with E-state index in [0.29, 0.717) is 13.2 Å². The molecule has 6 heteroatoms. The molecule has 0 aromatic carbocycles. The van der Waals surface area contributed by atoms with Crippen LogP contribution >= 0.6 is 23.2 Å². The summed E-state index contributed by atoms with van der Waals surface area (Å²) in [5, 5.41) is 0. The van der Waals surface area contributed by atoms with Gasteiger partial charge in [0.1, 0.15) is 0 Å². The van der Waals surface area contributed by atoms with Crippen LogP contribution < -0.4 is 0 Å². The molecule has 0 aliphatic carbocycles. The number of carbonyl (C=O) groups excluding carboxylic acids is 1. The van der Waals surface area contributed by atoms with Gasteiger partial charge in [0, 0.05) is 0 Å². The van der Waals surface area contributed by atoms with Crippen LogP contribution in [0.25, 0.3) is 0 Å². The Balaban J connectivity index is 2.78. The minimum atomic E-state index is -1.15. The van der Waals surface area contributed by atoms with Crippen molar-refractivity contribution in [3.63, 3.8) is 0 Å². The second-order valence-corrected chi connectivity index (χ2v) is 5.57. The molecular formula is C12H17Cl2NO3. The van der Waals surface area contributed by atoms with Gasteiger partial charge >= 0.3 is 0 Å². The lowest BCUT2D eigenvalue weighted by atomic mass is 10.0. The Hall–Kier alpha value is -0.470. The van der Waals surface area contributed by atoms with Gasteiger partial charge in [0.05, 0.1) is 25.3 Å². The Kier molecular flexibility index (Phi) is 5.74. The normalized spacial score (nSPS) is 17.6. The summed E-state index contributed by atoms with van der Waals surface area (Å²) >= 11 is 11.3. The standard InChI is InChI=1S/C12H17Cl2NO3/c1-4-12(2,3)15(11(16)10(13)14)8-9-17-6-5-7-18-9/h1,9-10H,5-8H2,2-3H3. The molecule has 0 aromatic rings. The van der Waals surface area contributed by atoms with E-state index in [1.165, 1.54) is 4.90 Å². The third kappa shape index (κ3) is 4.03. The molecule has 1 aliphatic rings. The highest BCUT2D eigenvalue weighted by atomic mass is 35.5. The van der Waals surface area contributed by atoms with Crippen LogP contribution in [0, 0.1) is 12.3 Å². The molecule has 1 heterocycles. The highest BCUT2D eigenvalue weighted by Crippen LogP contribution is 2.20. The molecule has 0 radical (unpaired) electrons. The topological polar surface area (TPSA) is 38.8 Å². The Morgan fingerprint density at radius 1 is 1.50 bits per heavy atom. The summed E-state index contributed by atoms with van der Waals surface area (Å²) in [7, 11) is 0. The number of amides is 1. The second-order valence-electron chi connectivity index (χ2n) is 4.48. The number of halogens is 2. The predicted molar refractivity (Wildman–Crippen MR) is 70.4 cm³/mol. The smallest absolute Gasteiger partial charge is 0.257 e. The zero-order valence-corrected chi connectivity index (χ0v) is 12.0. The maximum atomic E-state index is 12.0. The van der Waals surface area contributed by atoms with E-state index in [4.69, 9.17) is 39.1 Å². The third-order valence-electron chi connectivity index (χ3n) is 2.71. The van der Waals surface area contributed by atoms with Crippen molar-refractivity contribution in [3.8, 4) is 12.3 Å². The van der Waals surface area contributed by atoms with Crippen LogP contribution in [0.2, 0.25) is 0 Å². The fourth-order valence-corrected chi connectivity index (χ4v) is 1.82. The van der Waals surface area contributed by atoms with Gasteiger partial charge in [-0.2, -0.15) is 0 Å². The lowest BCUT2D eigenvalue weighted by molar-refractivity contribution is -0.192. The summed E-state index contributed by atoms with van der Waals surface area (Å²) in [5.74, 6) is 2.10. The van der Waals surface area contributed by atoms with E-state index in [1.807, 2.05) is 0 Å². The summed E-state index contributed by atoms with van der Waals surface area (Å²) in [6, 6.07) is 0. The number of carbonyl (C=O) groups is 1. The number of alkyl halides is 2. The number of terminal acetylenes is 1. The Morgan fingerprint density at radius 3 is 2.50 bits per heavy atom. The second kappa shape index (κ2) is 6.63. The lowest BCUT2D eigenvalue weighted by Gasteiger charge is -2.38. The molecule has 0 bridgehead atoms. The molecular weight excluding hydrogens is 277 g/mol. The SMILES string of the molecule is C#CC(C)(C)N(CC1OCCCO1)C(=O)C(Cl)Cl. The molecule has 0 N–H and O–H groups in total. The maximum Gasteiger partial charge on any atom is 0.257 e. The summed E-state index contributed by atoms with van der Waals surface area (Å²) in [6.07, 6.45) is 5.80. The van der Waals surface area contributed by atoms with E-state index in [9.17, 15) is 4.79 Å². The molecule has 0 saturated carbocycles. The van der Waals surface area contributed by atoms with Gasteiger partial charge in [-0.15, -0.1) is 6.42 Å². The largest absolute Gasteiger partial charge is 0.351 e. The first-order valence-corrected chi connectivity index (χ1v) is 6.56. The monoisotopic (exact) mass is 293 g/mol. The number of ether oxygens (including phenoxy) is 2. The van der Waals surface area contributed by atoms with Crippen LogP contribution in [0.15, 0.2) is 0 Å². The van der Waals surface area contributed by atoms with E-state index in [-0.39, 0.29) is 6.54 Å². The Labute approximate surface area is 118 Å². The fraction of sp³-hybridized carbons (Fsp3) is 0.750. The summed E-state index contributed by atoms with van der Waals surface area (Å²) in [4.78, 5) is 12.2. The zero-order valence-electron chi connectivity index (χ0n) is 10.5. The molecule has 18 heavy (non-hydrogen) atoms. The van der Waals surface area contributed by atoms with Gasteiger partial charge in [0.2, 0.25) is 0 Å². The van der Waals surface area contributed by atoms with Crippen LogP contribution in [-0.4, -0.2) is 47.2 Å². The van der Waals surface area contributed by atoms with Crippen molar-refractivity contribution in [2.45, 2.75) is 36.9 Å². The van der Waals surface area contributed by atoms with E-state index >= 15 is 0 Å². The van der Waals surface area contributed by atoms with Gasteiger partial charge in [-0.3, -0.25) is 4.79 Å². The van der Waals surface area contributed by atoms with Gasteiger partial charge in [0.15, 0.2) is 11.1 Å². The lowest BCUT2D eigenvalue weighted by Crippen LogP contribution is -2.53. The molecule has 102 valence electrons. The molecule has 1 fully saturated rings. The van der Waals surface area contributed by atoms with Crippen molar-refractivity contribution in [2.75, 3.05) is 19.8 Å². The van der Waals surface area contributed by atoms with Crippen LogP contribution in [0.1, 0.15) is 20.3 Å². The van der Waals surface area contributed by atoms with Crippen molar-refractivity contribution in [2.24, 2.45) is 0 Å². The molecule has 1 amide bonds. The summed E-state index contributed by atoms with van der Waals surface area (Å²) in [6.45, 7) is 4.91. The quantitative estimate of drug-likeness (QED) is 0.586. The van der Waals surface area contributed by atoms with Crippen LogP contribution in [0.3, 0.4) is 0 Å². The molecule has 0 atom stereocenters. The number of rotatable bonds is 4. The average Bonchev–Trinajstić information content (AvgIpc) is 2.36. The number of nitrogens with zero attached hydrogens (tertiary/aromatic N) is 1. The van der Waals surface area contributed by atoms with Crippen molar-refractivity contribution in [3.05, 3.63) is 0 Å². The molecule has 1 saturated heterocycles. The fourth-order valence-electron chi connectivity index (χ4n) is 1.58. The molecule has 0 aromatic heterocycles. The Morgan fingerprint density at radius 2 is 2.06 bits per heavy atom. The number of hydrogen-bond acceptors (Lipinski definition) is 3. The highest BCUT2D eigenvalue weighted by molar-refractivity contribution is 6.53. The summed E-state index contributed by atoms with van der Waals surface area (Å²) < 4.78 is 10.8. The third-order valence-corrected chi connectivity index (χ3v) is 3.08. The average molecular weight is 294 g/mol. The van der Waals surface area contributed by atoms with Gasteiger partial charge < -0.3 is 14.4 Å². The van der Waals surface area contributed by atoms with Gasteiger partial charge in [0.25, 0.3) is 5.91 Å². The summed E-state index contributed by atoms with van der Waals surface area (Å²) in [5.41, 5.74) is -0.802. The minimum absolute atomic E-state index is 0.214. The molecule has 0 unspecified atom stereocenters. The first-order chi connectivity index (χ1) is 8.38. The molecule has 4 nitrogen and oxygen atoms in total. The van der Waals surface area contributed by atoms with Crippen LogP contribution in [-0.2, 0) is 14.3 Å². The minimum Gasteiger partial charge on any atom is -0.351 e. The van der Waals surface area contributed by atoms with Crippen molar-refractivity contribution in [1.82, 2.24) is 4.90 Å². The zero-order chi connectivity index (χ0) is 13.8. The van der Waals surface area contributed by atoms with E-state index in [0.717, 1.165) is 6.42 Å². The van der Waals surface area contributed by atoms with Crippen molar-refractivity contribution in [1.29, 1.82) is 0 Å². The molecule has 0 spiro atoms. The van der Waals surface area contributed by atoms with Gasteiger partial charge in [-0.25, -0.2) is 0 Å². The first-order valence-electron chi connectivity index (χ1n) is 5.69.